The molecule has 1 atom stereocenters. The summed E-state index contributed by atoms with van der Waals surface area (Å²) in [6, 6.07) is 15.1. The number of halogens is 1. The molecule has 0 saturated carbocycles. The van der Waals surface area contributed by atoms with E-state index in [0.29, 0.717) is 11.8 Å². The van der Waals surface area contributed by atoms with Crippen molar-refractivity contribution in [3.05, 3.63) is 101 Å². The zero-order valence-corrected chi connectivity index (χ0v) is 18.3. The number of benzene rings is 1. The first-order valence-electron chi connectivity index (χ1n) is 9.80. The topological polar surface area (TPSA) is 28.7 Å². The fraction of sp³-hybridized carbons (Fsp3) is 0.320. The van der Waals surface area contributed by atoms with Crippen molar-refractivity contribution in [2.45, 2.75) is 46.5 Å². The van der Waals surface area contributed by atoms with Gasteiger partial charge in [0, 0.05) is 29.6 Å². The van der Waals surface area contributed by atoms with Crippen molar-refractivity contribution >= 4 is 11.6 Å². The average molecular weight is 395 g/mol. The van der Waals surface area contributed by atoms with E-state index >= 15 is 0 Å². The maximum Gasteiger partial charge on any atom is 0.108 e. The molecular formula is C25H31ClN2. The Kier molecular flexibility index (Phi) is 8.53. The van der Waals surface area contributed by atoms with Crippen molar-refractivity contribution in [2.75, 3.05) is 5.88 Å². The van der Waals surface area contributed by atoms with Crippen LogP contribution >= 0.6 is 11.6 Å². The zero-order chi connectivity index (χ0) is 20.5. The molecule has 2 nitrogen and oxygen atoms in total. The van der Waals surface area contributed by atoms with Gasteiger partial charge in [0.2, 0.25) is 0 Å². The highest BCUT2D eigenvalue weighted by Crippen LogP contribution is 2.32. The Balaban J connectivity index is 2.72. The lowest BCUT2D eigenvalue weighted by Crippen LogP contribution is -2.06. The van der Waals surface area contributed by atoms with Crippen molar-refractivity contribution in [2.24, 2.45) is 0 Å². The van der Waals surface area contributed by atoms with Crippen LogP contribution in [0.15, 0.2) is 72.5 Å². The van der Waals surface area contributed by atoms with Crippen LogP contribution in [0.25, 0.3) is 0 Å². The smallest absolute Gasteiger partial charge is 0.108 e. The molecule has 1 N–H and O–H groups in total. The van der Waals surface area contributed by atoms with E-state index in [1.54, 1.807) is 0 Å². The van der Waals surface area contributed by atoms with Gasteiger partial charge in [0.05, 0.1) is 0 Å². The predicted molar refractivity (Wildman–Crippen MR) is 122 cm³/mol. The Morgan fingerprint density at radius 2 is 1.82 bits per heavy atom. The monoisotopic (exact) mass is 394 g/mol. The minimum atomic E-state index is 0.0799. The molecule has 1 heterocycles. The van der Waals surface area contributed by atoms with E-state index in [1.807, 2.05) is 25.3 Å². The second kappa shape index (κ2) is 10.9. The van der Waals surface area contributed by atoms with Crippen LogP contribution in [0.2, 0.25) is 0 Å². The highest BCUT2D eigenvalue weighted by molar-refractivity contribution is 6.19. The summed E-state index contributed by atoms with van der Waals surface area (Å²) in [7, 11) is 0. The van der Waals surface area contributed by atoms with Crippen LogP contribution in [0.5, 0.6) is 0 Å². The lowest BCUT2D eigenvalue weighted by atomic mass is 9.85. The van der Waals surface area contributed by atoms with Crippen molar-refractivity contribution < 1.29 is 0 Å². The second-order valence-corrected chi connectivity index (χ2v) is 7.64. The van der Waals surface area contributed by atoms with Gasteiger partial charge in [-0.15, -0.1) is 11.6 Å². The van der Waals surface area contributed by atoms with Gasteiger partial charge in [-0.3, -0.25) is 0 Å². The van der Waals surface area contributed by atoms with Crippen molar-refractivity contribution in [1.82, 2.24) is 9.97 Å². The van der Waals surface area contributed by atoms with Gasteiger partial charge in [0.1, 0.15) is 5.82 Å². The maximum absolute atomic E-state index is 6.40. The van der Waals surface area contributed by atoms with Crippen molar-refractivity contribution in [1.29, 1.82) is 0 Å². The first kappa shape index (κ1) is 22.0. The van der Waals surface area contributed by atoms with E-state index in [0.717, 1.165) is 17.1 Å². The molecule has 28 heavy (non-hydrogen) atoms. The number of alkyl halides is 1. The predicted octanol–water partition coefficient (Wildman–Crippen LogP) is 7.15. The molecule has 0 aliphatic rings. The van der Waals surface area contributed by atoms with E-state index in [-0.39, 0.29) is 5.92 Å². The summed E-state index contributed by atoms with van der Waals surface area (Å²) in [4.78, 5) is 8.03. The maximum atomic E-state index is 6.40. The number of hydrogen-bond donors (Lipinski definition) is 1. The molecule has 1 aromatic carbocycles. The lowest BCUT2D eigenvalue weighted by Gasteiger charge is -2.20. The number of aromatic amines is 1. The molecule has 3 heteroatoms. The molecule has 0 aliphatic carbocycles. The minimum Gasteiger partial charge on any atom is -0.347 e. The van der Waals surface area contributed by atoms with Gasteiger partial charge in [0.25, 0.3) is 0 Å². The number of hydrogen-bond acceptors (Lipinski definition) is 1. The third-order valence-electron chi connectivity index (χ3n) is 4.62. The van der Waals surface area contributed by atoms with E-state index in [4.69, 9.17) is 11.6 Å². The first-order valence-corrected chi connectivity index (χ1v) is 10.3. The highest BCUT2D eigenvalue weighted by atomic mass is 35.5. The van der Waals surface area contributed by atoms with E-state index in [9.17, 15) is 0 Å². The molecular weight excluding hydrogens is 364 g/mol. The third-order valence-corrected chi connectivity index (χ3v) is 4.92. The number of aromatic nitrogens is 2. The van der Waals surface area contributed by atoms with Crippen LogP contribution in [0.1, 0.15) is 60.8 Å². The second-order valence-electron chi connectivity index (χ2n) is 7.37. The van der Waals surface area contributed by atoms with E-state index in [1.165, 1.54) is 16.7 Å². The summed E-state index contributed by atoms with van der Waals surface area (Å²) >= 11 is 6.40. The summed E-state index contributed by atoms with van der Waals surface area (Å²) in [5, 5.41) is 0. The number of nitrogens with zero attached hydrogens (tertiary/aromatic N) is 1. The fourth-order valence-electron chi connectivity index (χ4n) is 3.14. The quantitative estimate of drug-likeness (QED) is 0.409. The molecule has 0 spiro atoms. The Bertz CT molecular complexity index is 872. The molecule has 2 aromatic rings. The molecule has 1 aromatic heterocycles. The van der Waals surface area contributed by atoms with Gasteiger partial charge in [-0.1, -0.05) is 68.0 Å². The van der Waals surface area contributed by atoms with Gasteiger partial charge in [-0.05, 0) is 49.6 Å². The van der Waals surface area contributed by atoms with Crippen LogP contribution in [0.3, 0.4) is 0 Å². The Hall–Kier alpha value is -2.32. The third kappa shape index (κ3) is 6.10. The molecule has 0 aliphatic heterocycles. The van der Waals surface area contributed by atoms with Crippen molar-refractivity contribution in [3.63, 3.8) is 0 Å². The summed E-state index contributed by atoms with van der Waals surface area (Å²) in [5.74, 6) is 1.85. The number of allylic oxidation sites excluding steroid dienone is 4. The molecule has 148 valence electrons. The van der Waals surface area contributed by atoms with Crippen LogP contribution in [-0.4, -0.2) is 15.8 Å². The van der Waals surface area contributed by atoms with Gasteiger partial charge in [-0.25, -0.2) is 4.98 Å². The Labute approximate surface area is 174 Å². The SMILES string of the molecule is C/C=C\C=C(/CCl)C(c1ccc(C)cc1)c1cccnc(C(C)C)[nH]c(C)c1. The average Bonchev–Trinajstić information content (AvgIpc) is 2.76. The van der Waals surface area contributed by atoms with E-state index < -0.39 is 0 Å². The zero-order valence-electron chi connectivity index (χ0n) is 17.5. The molecule has 0 saturated heterocycles. The highest BCUT2D eigenvalue weighted by Gasteiger charge is 2.18. The number of rotatable bonds is 6. The summed E-state index contributed by atoms with van der Waals surface area (Å²) in [5.41, 5.74) is 5.90. The largest absolute Gasteiger partial charge is 0.347 e. The summed E-state index contributed by atoms with van der Waals surface area (Å²) < 4.78 is 0. The first-order chi connectivity index (χ1) is 13.5. The molecule has 0 radical (unpaired) electrons. The van der Waals surface area contributed by atoms with Crippen LogP contribution in [-0.2, 0) is 0 Å². The molecule has 0 fully saturated rings. The van der Waals surface area contributed by atoms with E-state index in [2.05, 4.69) is 86.2 Å². The summed E-state index contributed by atoms with van der Waals surface area (Å²) in [6.45, 7) is 10.5. The van der Waals surface area contributed by atoms with Crippen LogP contribution < -0.4 is 0 Å². The fourth-order valence-corrected chi connectivity index (χ4v) is 3.38. The molecule has 0 amide bonds. The Morgan fingerprint density at radius 3 is 2.43 bits per heavy atom. The van der Waals surface area contributed by atoms with Gasteiger partial charge >= 0.3 is 0 Å². The van der Waals surface area contributed by atoms with Crippen LogP contribution in [0.4, 0.5) is 0 Å². The Morgan fingerprint density at radius 1 is 1.11 bits per heavy atom. The molecule has 1 unspecified atom stereocenters. The summed E-state index contributed by atoms with van der Waals surface area (Å²) in [6.07, 6.45) is 8.07. The van der Waals surface area contributed by atoms with Crippen LogP contribution in [0, 0.1) is 13.8 Å². The minimum absolute atomic E-state index is 0.0799. The number of H-pyrrole nitrogens is 1. The van der Waals surface area contributed by atoms with Gasteiger partial charge in [-0.2, -0.15) is 0 Å². The number of aryl methyl sites for hydroxylation is 2. The van der Waals surface area contributed by atoms with Gasteiger partial charge in [0.15, 0.2) is 0 Å². The lowest BCUT2D eigenvalue weighted by molar-refractivity contribution is 0.773. The number of nitrogens with one attached hydrogen (secondary N) is 1. The normalized spacial score (nSPS) is 13.0. The van der Waals surface area contributed by atoms with Crippen molar-refractivity contribution in [3.8, 4) is 0 Å². The van der Waals surface area contributed by atoms with Gasteiger partial charge < -0.3 is 4.98 Å². The standard InChI is InChI=1S/C25H31ClN2/c1-6-7-9-23(17-26)24(21-13-11-19(4)12-14-21)22-10-8-15-27-25(18(2)3)28-20(5)16-22/h6-16,18,24H,17H2,1-5H3,(H,27,28)/b7-6-,15-8?,20-16?,22-10?,23-9+. The molecule has 2 rings (SSSR count). The molecule has 0 bridgehead atoms.